The fourth-order valence-corrected chi connectivity index (χ4v) is 4.13. The van der Waals surface area contributed by atoms with Crippen molar-refractivity contribution in [3.8, 4) is 0 Å². The third kappa shape index (κ3) is 3.51. The maximum atomic E-state index is 13.8. The monoisotopic (exact) mass is 319 g/mol. The molecule has 0 unspecified atom stereocenters. The van der Waals surface area contributed by atoms with E-state index in [9.17, 15) is 12.8 Å². The molecule has 1 fully saturated rings. The largest absolute Gasteiger partial charge is 0.245 e. The molecule has 112 valence electrons. The van der Waals surface area contributed by atoms with Crippen molar-refractivity contribution in [1.29, 1.82) is 0 Å². The van der Waals surface area contributed by atoms with Crippen molar-refractivity contribution >= 4 is 21.6 Å². The lowest BCUT2D eigenvalue weighted by Gasteiger charge is -2.26. The van der Waals surface area contributed by atoms with Crippen LogP contribution in [0.3, 0.4) is 0 Å². The minimum Gasteiger partial charge on any atom is -0.207 e. The highest BCUT2D eigenvalue weighted by Crippen LogP contribution is 2.27. The van der Waals surface area contributed by atoms with E-state index in [2.05, 4.69) is 0 Å². The van der Waals surface area contributed by atoms with Gasteiger partial charge in [-0.3, -0.25) is 0 Å². The first-order chi connectivity index (χ1) is 9.41. The van der Waals surface area contributed by atoms with Crippen LogP contribution in [0.15, 0.2) is 23.1 Å². The Morgan fingerprint density at radius 2 is 1.95 bits per heavy atom. The van der Waals surface area contributed by atoms with Crippen LogP contribution >= 0.6 is 11.6 Å². The van der Waals surface area contributed by atoms with Crippen LogP contribution in [-0.4, -0.2) is 26.3 Å². The van der Waals surface area contributed by atoms with E-state index in [1.54, 1.807) is 0 Å². The number of nitrogens with zero attached hydrogens (tertiary/aromatic N) is 1. The molecule has 0 spiro atoms. The summed E-state index contributed by atoms with van der Waals surface area (Å²) in [6.07, 6.45) is 5.60. The Labute approximate surface area is 124 Å². The zero-order valence-corrected chi connectivity index (χ0v) is 13.1. The summed E-state index contributed by atoms with van der Waals surface area (Å²) in [6.45, 7) is 0.449. The molecule has 1 aromatic carbocycles. The van der Waals surface area contributed by atoms with Crippen molar-refractivity contribution in [2.75, 3.05) is 13.6 Å². The highest BCUT2D eigenvalue weighted by Gasteiger charge is 2.27. The van der Waals surface area contributed by atoms with Crippen LogP contribution in [0.25, 0.3) is 0 Å². The molecule has 20 heavy (non-hydrogen) atoms. The zero-order valence-electron chi connectivity index (χ0n) is 11.5. The summed E-state index contributed by atoms with van der Waals surface area (Å²) in [5, 5.41) is 0.191. The van der Waals surface area contributed by atoms with Crippen molar-refractivity contribution in [2.45, 2.75) is 37.0 Å². The SMILES string of the molecule is CN(CC1CCCCC1)S(=O)(=O)c1ccc(Cl)cc1F. The first kappa shape index (κ1) is 15.7. The first-order valence-electron chi connectivity index (χ1n) is 6.82. The quantitative estimate of drug-likeness (QED) is 0.849. The van der Waals surface area contributed by atoms with Gasteiger partial charge in [0.05, 0.1) is 0 Å². The molecule has 0 bridgehead atoms. The standard InChI is InChI=1S/C14H19ClFNO2S/c1-17(10-11-5-3-2-4-6-11)20(18,19)14-8-7-12(15)9-13(14)16/h7-9,11H,2-6,10H2,1H3. The van der Waals surface area contributed by atoms with E-state index in [1.165, 1.54) is 29.9 Å². The molecule has 0 aromatic heterocycles. The second-order valence-electron chi connectivity index (χ2n) is 5.36. The van der Waals surface area contributed by atoms with Gasteiger partial charge in [-0.15, -0.1) is 0 Å². The van der Waals surface area contributed by atoms with Gasteiger partial charge in [0.2, 0.25) is 10.0 Å². The van der Waals surface area contributed by atoms with Crippen LogP contribution < -0.4 is 0 Å². The van der Waals surface area contributed by atoms with Crippen LogP contribution in [0.1, 0.15) is 32.1 Å². The first-order valence-corrected chi connectivity index (χ1v) is 8.64. The minimum absolute atomic E-state index is 0.191. The van der Waals surface area contributed by atoms with Crippen LogP contribution in [0.5, 0.6) is 0 Å². The molecule has 1 aliphatic carbocycles. The number of hydrogen-bond acceptors (Lipinski definition) is 2. The molecule has 0 saturated heterocycles. The van der Waals surface area contributed by atoms with E-state index in [0.717, 1.165) is 31.7 Å². The average molecular weight is 320 g/mol. The Balaban J connectivity index is 2.16. The molecule has 3 nitrogen and oxygen atoms in total. The van der Waals surface area contributed by atoms with Crippen molar-refractivity contribution in [3.05, 3.63) is 29.0 Å². The van der Waals surface area contributed by atoms with Gasteiger partial charge in [-0.25, -0.2) is 17.1 Å². The van der Waals surface area contributed by atoms with Crippen molar-refractivity contribution in [1.82, 2.24) is 4.31 Å². The van der Waals surface area contributed by atoms with Gasteiger partial charge in [0.25, 0.3) is 0 Å². The summed E-state index contributed by atoms with van der Waals surface area (Å²) in [7, 11) is -2.27. The van der Waals surface area contributed by atoms with Gasteiger partial charge in [-0.1, -0.05) is 30.9 Å². The second kappa shape index (κ2) is 6.41. The molecule has 0 atom stereocenters. The summed E-state index contributed by atoms with van der Waals surface area (Å²) >= 11 is 5.65. The number of halogens is 2. The maximum Gasteiger partial charge on any atom is 0.245 e. The molecule has 0 heterocycles. The number of sulfonamides is 1. The van der Waals surface area contributed by atoms with Crippen molar-refractivity contribution < 1.29 is 12.8 Å². The predicted octanol–water partition coefficient (Wildman–Crippen LogP) is 3.68. The van der Waals surface area contributed by atoms with Crippen LogP contribution in [0.4, 0.5) is 4.39 Å². The topological polar surface area (TPSA) is 37.4 Å². The Bertz CT molecular complexity index is 571. The van der Waals surface area contributed by atoms with E-state index < -0.39 is 15.8 Å². The predicted molar refractivity (Wildman–Crippen MR) is 77.8 cm³/mol. The van der Waals surface area contributed by atoms with Gasteiger partial charge >= 0.3 is 0 Å². The van der Waals surface area contributed by atoms with E-state index in [4.69, 9.17) is 11.6 Å². The number of hydrogen-bond donors (Lipinski definition) is 0. The van der Waals surface area contributed by atoms with Crippen LogP contribution in [0.2, 0.25) is 5.02 Å². The smallest absolute Gasteiger partial charge is 0.207 e. The van der Waals surface area contributed by atoms with E-state index in [-0.39, 0.29) is 9.92 Å². The van der Waals surface area contributed by atoms with Crippen molar-refractivity contribution in [2.24, 2.45) is 5.92 Å². The van der Waals surface area contributed by atoms with Gasteiger partial charge in [0.1, 0.15) is 10.7 Å². The normalized spacial score (nSPS) is 17.6. The van der Waals surface area contributed by atoms with Crippen LogP contribution in [0, 0.1) is 11.7 Å². The highest BCUT2D eigenvalue weighted by atomic mass is 35.5. The lowest BCUT2D eigenvalue weighted by atomic mass is 9.89. The molecular formula is C14H19ClFNO2S. The summed E-state index contributed by atoms with van der Waals surface area (Å²) < 4.78 is 39.8. The zero-order chi connectivity index (χ0) is 14.8. The molecule has 2 rings (SSSR count). The lowest BCUT2D eigenvalue weighted by molar-refractivity contribution is 0.299. The molecule has 1 aromatic rings. The van der Waals surface area contributed by atoms with Crippen molar-refractivity contribution in [3.63, 3.8) is 0 Å². The van der Waals surface area contributed by atoms with Gasteiger partial charge in [-0.2, -0.15) is 0 Å². The summed E-state index contributed by atoms with van der Waals surface area (Å²) in [4.78, 5) is -0.305. The van der Waals surface area contributed by atoms with Crippen LogP contribution in [-0.2, 0) is 10.0 Å². The fourth-order valence-electron chi connectivity index (χ4n) is 2.68. The second-order valence-corrected chi connectivity index (χ2v) is 7.81. The average Bonchev–Trinajstić information content (AvgIpc) is 2.39. The van der Waals surface area contributed by atoms with E-state index >= 15 is 0 Å². The van der Waals surface area contributed by atoms with Gasteiger partial charge in [-0.05, 0) is 37.0 Å². The Kier molecular flexibility index (Phi) is 5.04. The highest BCUT2D eigenvalue weighted by molar-refractivity contribution is 7.89. The molecule has 1 saturated carbocycles. The number of rotatable bonds is 4. The molecule has 0 aliphatic heterocycles. The molecule has 6 heteroatoms. The third-order valence-electron chi connectivity index (χ3n) is 3.82. The Hall–Kier alpha value is -0.650. The third-order valence-corrected chi connectivity index (χ3v) is 5.91. The van der Waals surface area contributed by atoms with Gasteiger partial charge < -0.3 is 0 Å². The van der Waals surface area contributed by atoms with E-state index in [1.807, 2.05) is 0 Å². The molecule has 0 radical (unpaired) electrons. The van der Waals surface area contributed by atoms with Gasteiger partial charge in [0, 0.05) is 18.6 Å². The molecule has 0 N–H and O–H groups in total. The van der Waals surface area contributed by atoms with Gasteiger partial charge in [0.15, 0.2) is 0 Å². The van der Waals surface area contributed by atoms with E-state index in [0.29, 0.717) is 12.5 Å². The maximum absolute atomic E-state index is 13.8. The molecule has 0 amide bonds. The summed E-state index contributed by atoms with van der Waals surface area (Å²) in [5.41, 5.74) is 0. The Morgan fingerprint density at radius 3 is 2.55 bits per heavy atom. The fraction of sp³-hybridized carbons (Fsp3) is 0.571. The molecular weight excluding hydrogens is 301 g/mol. The molecule has 1 aliphatic rings. The number of benzene rings is 1. The minimum atomic E-state index is -3.79. The lowest BCUT2D eigenvalue weighted by Crippen LogP contribution is -2.33. The summed E-state index contributed by atoms with van der Waals surface area (Å²) in [6, 6.07) is 3.65. The summed E-state index contributed by atoms with van der Waals surface area (Å²) in [5.74, 6) is -0.424. The Morgan fingerprint density at radius 1 is 1.30 bits per heavy atom.